The van der Waals surface area contributed by atoms with E-state index in [1.165, 1.54) is 0 Å². The molecule has 1 aliphatic rings. The molecule has 2 heterocycles. The Morgan fingerprint density at radius 1 is 1.47 bits per heavy atom. The maximum atomic E-state index is 5.51. The summed E-state index contributed by atoms with van der Waals surface area (Å²) in [6, 6.07) is 0.560. The number of anilines is 2. The van der Waals surface area contributed by atoms with Crippen LogP contribution in [-0.4, -0.2) is 53.3 Å². The standard InChI is InChI=1S/C9H18N6/c1-6-4-15(5-7(6)14(2)3)9-11-8(10)12-13-9/h6-7H,4-5H2,1-3H3,(H3,10,11,12,13). The van der Waals surface area contributed by atoms with E-state index in [0.29, 0.717) is 23.9 Å². The lowest BCUT2D eigenvalue weighted by Gasteiger charge is -2.22. The third-order valence-electron chi connectivity index (χ3n) is 3.01. The fraction of sp³-hybridized carbons (Fsp3) is 0.778. The average Bonchev–Trinajstić information content (AvgIpc) is 2.71. The molecule has 1 aromatic heterocycles. The first kappa shape index (κ1) is 10.2. The normalized spacial score (nSPS) is 26.5. The largest absolute Gasteiger partial charge is 0.368 e. The van der Waals surface area contributed by atoms with Gasteiger partial charge in [-0.1, -0.05) is 6.92 Å². The summed E-state index contributed by atoms with van der Waals surface area (Å²) in [6.07, 6.45) is 0. The van der Waals surface area contributed by atoms with Crippen molar-refractivity contribution in [2.45, 2.75) is 13.0 Å². The highest BCUT2D eigenvalue weighted by molar-refractivity contribution is 5.36. The number of nitrogens with two attached hydrogens (primary N) is 1. The highest BCUT2D eigenvalue weighted by atomic mass is 15.4. The van der Waals surface area contributed by atoms with Crippen LogP contribution in [0.4, 0.5) is 11.9 Å². The van der Waals surface area contributed by atoms with Crippen molar-refractivity contribution in [1.29, 1.82) is 0 Å². The Morgan fingerprint density at radius 3 is 2.67 bits per heavy atom. The van der Waals surface area contributed by atoms with Crippen molar-refractivity contribution in [2.24, 2.45) is 5.92 Å². The highest BCUT2D eigenvalue weighted by Crippen LogP contribution is 2.23. The fourth-order valence-electron chi connectivity index (χ4n) is 2.19. The highest BCUT2D eigenvalue weighted by Gasteiger charge is 2.32. The first-order valence-corrected chi connectivity index (χ1v) is 5.17. The molecule has 3 N–H and O–H groups in total. The SMILES string of the molecule is CC1CN(c2n[nH]c(N)n2)CC1N(C)C. The first-order valence-electron chi connectivity index (χ1n) is 5.17. The van der Waals surface area contributed by atoms with E-state index < -0.39 is 0 Å². The van der Waals surface area contributed by atoms with Gasteiger partial charge < -0.3 is 15.5 Å². The van der Waals surface area contributed by atoms with Gasteiger partial charge in [-0.25, -0.2) is 5.10 Å². The van der Waals surface area contributed by atoms with Gasteiger partial charge in [0.05, 0.1) is 0 Å². The molecule has 1 aliphatic heterocycles. The Morgan fingerprint density at radius 2 is 2.20 bits per heavy atom. The van der Waals surface area contributed by atoms with Crippen LogP contribution in [-0.2, 0) is 0 Å². The van der Waals surface area contributed by atoms with E-state index in [9.17, 15) is 0 Å². The number of nitrogens with zero attached hydrogens (tertiary/aromatic N) is 4. The van der Waals surface area contributed by atoms with Crippen LogP contribution in [0.5, 0.6) is 0 Å². The quantitative estimate of drug-likeness (QED) is 0.705. The predicted molar refractivity (Wildman–Crippen MR) is 59.6 cm³/mol. The summed E-state index contributed by atoms with van der Waals surface area (Å²) in [5.74, 6) is 1.72. The second-order valence-electron chi connectivity index (χ2n) is 4.43. The summed E-state index contributed by atoms with van der Waals surface area (Å²) in [5.41, 5.74) is 5.51. The minimum atomic E-state index is 0.381. The lowest BCUT2D eigenvalue weighted by atomic mass is 10.1. The van der Waals surface area contributed by atoms with Gasteiger partial charge in [0.25, 0.3) is 0 Å². The maximum Gasteiger partial charge on any atom is 0.246 e. The number of rotatable bonds is 2. The third-order valence-corrected chi connectivity index (χ3v) is 3.01. The van der Waals surface area contributed by atoms with Crippen molar-refractivity contribution in [2.75, 3.05) is 37.8 Å². The second-order valence-corrected chi connectivity index (χ2v) is 4.43. The van der Waals surface area contributed by atoms with Crippen LogP contribution < -0.4 is 10.6 Å². The number of hydrogen-bond acceptors (Lipinski definition) is 5. The maximum absolute atomic E-state index is 5.51. The Labute approximate surface area is 89.5 Å². The van der Waals surface area contributed by atoms with Crippen molar-refractivity contribution in [3.05, 3.63) is 0 Å². The van der Waals surface area contributed by atoms with Crippen LogP contribution in [0.15, 0.2) is 0 Å². The average molecular weight is 210 g/mol. The molecular formula is C9H18N6. The molecule has 6 heteroatoms. The molecule has 0 aliphatic carbocycles. The van der Waals surface area contributed by atoms with Gasteiger partial charge in [0.15, 0.2) is 0 Å². The summed E-state index contributed by atoms with van der Waals surface area (Å²) in [6.45, 7) is 4.20. The van der Waals surface area contributed by atoms with E-state index in [4.69, 9.17) is 5.73 Å². The van der Waals surface area contributed by atoms with E-state index in [1.807, 2.05) is 0 Å². The molecule has 2 rings (SSSR count). The van der Waals surface area contributed by atoms with Gasteiger partial charge in [-0.15, -0.1) is 5.10 Å². The summed E-state index contributed by atoms with van der Waals surface area (Å²) >= 11 is 0. The van der Waals surface area contributed by atoms with Gasteiger partial charge in [0, 0.05) is 19.1 Å². The van der Waals surface area contributed by atoms with Crippen LogP contribution in [0.25, 0.3) is 0 Å². The van der Waals surface area contributed by atoms with Gasteiger partial charge in [0.2, 0.25) is 11.9 Å². The van der Waals surface area contributed by atoms with Crippen molar-refractivity contribution < 1.29 is 0 Å². The Balaban J connectivity index is 2.09. The molecule has 0 radical (unpaired) electrons. The molecule has 1 fully saturated rings. The van der Waals surface area contributed by atoms with Gasteiger partial charge in [0.1, 0.15) is 0 Å². The Kier molecular flexibility index (Phi) is 2.52. The van der Waals surface area contributed by atoms with Gasteiger partial charge in [-0.3, -0.25) is 0 Å². The molecule has 15 heavy (non-hydrogen) atoms. The molecular weight excluding hydrogens is 192 g/mol. The Bertz CT molecular complexity index is 333. The summed E-state index contributed by atoms with van der Waals surface area (Å²) in [4.78, 5) is 8.56. The zero-order chi connectivity index (χ0) is 11.0. The lowest BCUT2D eigenvalue weighted by Crippen LogP contribution is -2.34. The molecule has 2 atom stereocenters. The number of aromatic amines is 1. The van der Waals surface area contributed by atoms with Crippen molar-refractivity contribution in [1.82, 2.24) is 20.1 Å². The van der Waals surface area contributed by atoms with E-state index in [1.54, 1.807) is 0 Å². The summed E-state index contributed by atoms with van der Waals surface area (Å²) in [5, 5.41) is 6.74. The van der Waals surface area contributed by atoms with Crippen LogP contribution in [0.2, 0.25) is 0 Å². The zero-order valence-corrected chi connectivity index (χ0v) is 9.44. The summed E-state index contributed by atoms with van der Waals surface area (Å²) in [7, 11) is 4.22. The minimum Gasteiger partial charge on any atom is -0.368 e. The molecule has 0 amide bonds. The summed E-state index contributed by atoms with van der Waals surface area (Å²) < 4.78 is 0. The molecule has 1 saturated heterocycles. The van der Waals surface area contributed by atoms with Crippen molar-refractivity contribution >= 4 is 11.9 Å². The van der Waals surface area contributed by atoms with Gasteiger partial charge in [-0.2, -0.15) is 4.98 Å². The predicted octanol–water partition coefficient (Wildman–Crippen LogP) is -0.227. The van der Waals surface area contributed by atoms with Crippen LogP contribution >= 0.6 is 0 Å². The number of hydrogen-bond donors (Lipinski definition) is 2. The number of H-pyrrole nitrogens is 1. The second kappa shape index (κ2) is 3.69. The monoisotopic (exact) mass is 210 g/mol. The van der Waals surface area contributed by atoms with E-state index in [0.717, 1.165) is 13.1 Å². The molecule has 84 valence electrons. The molecule has 0 spiro atoms. The van der Waals surface area contributed by atoms with Crippen LogP contribution in [0, 0.1) is 5.92 Å². The third kappa shape index (κ3) is 1.90. The van der Waals surface area contributed by atoms with Crippen LogP contribution in [0.1, 0.15) is 6.92 Å². The molecule has 6 nitrogen and oxygen atoms in total. The van der Waals surface area contributed by atoms with E-state index >= 15 is 0 Å². The molecule has 0 bridgehead atoms. The Hall–Kier alpha value is -1.30. The van der Waals surface area contributed by atoms with Gasteiger partial charge in [-0.05, 0) is 20.0 Å². The molecule has 2 unspecified atom stereocenters. The van der Waals surface area contributed by atoms with Gasteiger partial charge >= 0.3 is 0 Å². The fourth-order valence-corrected chi connectivity index (χ4v) is 2.19. The molecule has 0 aromatic carbocycles. The zero-order valence-electron chi connectivity index (χ0n) is 9.44. The lowest BCUT2D eigenvalue weighted by molar-refractivity contribution is 0.266. The first-order chi connectivity index (χ1) is 7.08. The molecule has 1 aromatic rings. The smallest absolute Gasteiger partial charge is 0.246 e. The number of aromatic nitrogens is 3. The van der Waals surface area contributed by atoms with E-state index in [2.05, 4.69) is 46.0 Å². The topological polar surface area (TPSA) is 74.1 Å². The number of nitrogens with one attached hydrogen (secondary N) is 1. The minimum absolute atomic E-state index is 0.381. The van der Waals surface area contributed by atoms with Crippen molar-refractivity contribution in [3.8, 4) is 0 Å². The van der Waals surface area contributed by atoms with Crippen molar-refractivity contribution in [3.63, 3.8) is 0 Å². The number of likely N-dealkylation sites (N-methyl/N-ethyl adjacent to an activating group) is 1. The van der Waals surface area contributed by atoms with Crippen LogP contribution in [0.3, 0.4) is 0 Å². The molecule has 0 saturated carbocycles. The number of nitrogen functional groups attached to an aromatic ring is 1. The van der Waals surface area contributed by atoms with E-state index in [-0.39, 0.29) is 0 Å².